The third-order valence-electron chi connectivity index (χ3n) is 3.69. The molecule has 1 saturated heterocycles. The first-order valence-electron chi connectivity index (χ1n) is 7.21. The smallest absolute Gasteiger partial charge is 0.0897 e. The predicted molar refractivity (Wildman–Crippen MR) is 77.1 cm³/mol. The van der Waals surface area contributed by atoms with Crippen LogP contribution >= 0.6 is 0 Å². The van der Waals surface area contributed by atoms with E-state index in [1.165, 1.54) is 5.56 Å². The molecule has 2 atom stereocenters. The van der Waals surface area contributed by atoms with E-state index in [0.717, 1.165) is 26.2 Å². The van der Waals surface area contributed by atoms with Crippen LogP contribution in [0.4, 0.5) is 0 Å². The number of hydrogen-bond donors (Lipinski definition) is 1. The summed E-state index contributed by atoms with van der Waals surface area (Å²) in [5.41, 5.74) is 1.21. The van der Waals surface area contributed by atoms with Crippen LogP contribution < -0.4 is 5.32 Å². The molecule has 0 aromatic carbocycles. The number of hydrogen-bond acceptors (Lipinski definition) is 4. The molecule has 1 aromatic rings. The van der Waals surface area contributed by atoms with E-state index in [4.69, 9.17) is 4.74 Å². The normalized spacial score (nSPS) is 22.6. The number of rotatable bonds is 5. The third kappa shape index (κ3) is 3.75. The summed E-state index contributed by atoms with van der Waals surface area (Å²) in [4.78, 5) is 6.71. The zero-order valence-electron chi connectivity index (χ0n) is 12.2. The van der Waals surface area contributed by atoms with Crippen molar-refractivity contribution >= 4 is 0 Å². The standard InChI is InChI=1S/C15H25N3O/c1-4-17-15(13-6-5-7-16-10-13)14-11-18(12(2)3)8-9-19-14/h5-7,10,12,14-15,17H,4,8-9,11H2,1-3H3. The van der Waals surface area contributed by atoms with Crippen LogP contribution in [-0.4, -0.2) is 48.3 Å². The zero-order chi connectivity index (χ0) is 13.7. The molecule has 1 aliphatic heterocycles. The lowest BCUT2D eigenvalue weighted by molar-refractivity contribution is -0.0559. The Bertz CT molecular complexity index is 369. The highest BCUT2D eigenvalue weighted by Gasteiger charge is 2.29. The predicted octanol–water partition coefficient (Wildman–Crippen LogP) is 1.84. The van der Waals surface area contributed by atoms with E-state index in [2.05, 4.69) is 42.0 Å². The monoisotopic (exact) mass is 263 g/mol. The van der Waals surface area contributed by atoms with Crippen LogP contribution in [0.3, 0.4) is 0 Å². The van der Waals surface area contributed by atoms with Crippen molar-refractivity contribution < 1.29 is 4.74 Å². The van der Waals surface area contributed by atoms with Gasteiger partial charge >= 0.3 is 0 Å². The summed E-state index contributed by atoms with van der Waals surface area (Å²) in [5, 5.41) is 3.54. The maximum Gasteiger partial charge on any atom is 0.0897 e. The highest BCUT2D eigenvalue weighted by atomic mass is 16.5. The lowest BCUT2D eigenvalue weighted by Crippen LogP contribution is -2.50. The highest BCUT2D eigenvalue weighted by molar-refractivity contribution is 5.16. The van der Waals surface area contributed by atoms with Gasteiger partial charge in [0.25, 0.3) is 0 Å². The SMILES string of the molecule is CCNC(c1cccnc1)C1CN(C(C)C)CCO1. The van der Waals surface area contributed by atoms with Crippen LogP contribution in [0.2, 0.25) is 0 Å². The Labute approximate surface area is 116 Å². The molecule has 0 bridgehead atoms. The van der Waals surface area contributed by atoms with Crippen molar-refractivity contribution in [3.63, 3.8) is 0 Å². The van der Waals surface area contributed by atoms with E-state index < -0.39 is 0 Å². The first kappa shape index (κ1) is 14.4. The lowest BCUT2D eigenvalue weighted by Gasteiger charge is -2.39. The van der Waals surface area contributed by atoms with Gasteiger partial charge in [0.2, 0.25) is 0 Å². The van der Waals surface area contributed by atoms with Crippen molar-refractivity contribution in [3.8, 4) is 0 Å². The first-order chi connectivity index (χ1) is 9.22. The molecule has 2 rings (SSSR count). The van der Waals surface area contributed by atoms with E-state index in [1.807, 2.05) is 18.5 Å². The average Bonchev–Trinajstić information content (AvgIpc) is 2.46. The van der Waals surface area contributed by atoms with E-state index in [-0.39, 0.29) is 12.1 Å². The lowest BCUT2D eigenvalue weighted by atomic mass is 10.0. The Hall–Kier alpha value is -0.970. The summed E-state index contributed by atoms with van der Waals surface area (Å²) in [6.45, 7) is 10.4. The van der Waals surface area contributed by atoms with Crippen molar-refractivity contribution in [1.29, 1.82) is 0 Å². The van der Waals surface area contributed by atoms with Gasteiger partial charge in [0.15, 0.2) is 0 Å². The number of nitrogens with one attached hydrogen (secondary N) is 1. The summed E-state index contributed by atoms with van der Waals surface area (Å²) >= 11 is 0. The fourth-order valence-electron chi connectivity index (χ4n) is 2.61. The maximum atomic E-state index is 6.00. The van der Waals surface area contributed by atoms with Gasteiger partial charge in [0.05, 0.1) is 18.8 Å². The number of ether oxygens (including phenoxy) is 1. The van der Waals surface area contributed by atoms with Crippen molar-refractivity contribution in [2.75, 3.05) is 26.2 Å². The second-order valence-electron chi connectivity index (χ2n) is 5.32. The Morgan fingerprint density at radius 2 is 2.37 bits per heavy atom. The largest absolute Gasteiger partial charge is 0.374 e. The van der Waals surface area contributed by atoms with E-state index in [1.54, 1.807) is 0 Å². The van der Waals surface area contributed by atoms with Crippen LogP contribution in [0.5, 0.6) is 0 Å². The second kappa shape index (κ2) is 6.98. The number of likely N-dealkylation sites (N-methyl/N-ethyl adjacent to an activating group) is 1. The van der Waals surface area contributed by atoms with Gasteiger partial charge in [0.1, 0.15) is 0 Å². The molecule has 0 radical (unpaired) electrons. The zero-order valence-corrected chi connectivity index (χ0v) is 12.2. The summed E-state index contributed by atoms with van der Waals surface area (Å²) < 4.78 is 6.00. The quantitative estimate of drug-likeness (QED) is 0.879. The average molecular weight is 263 g/mol. The molecule has 1 aliphatic rings. The van der Waals surface area contributed by atoms with Crippen LogP contribution in [-0.2, 0) is 4.74 Å². The minimum absolute atomic E-state index is 0.195. The van der Waals surface area contributed by atoms with Gasteiger partial charge in [-0.05, 0) is 32.0 Å². The molecule has 2 heterocycles. The van der Waals surface area contributed by atoms with Crippen LogP contribution in [0, 0.1) is 0 Å². The van der Waals surface area contributed by atoms with Gasteiger partial charge in [-0.25, -0.2) is 0 Å². The van der Waals surface area contributed by atoms with Gasteiger partial charge in [-0.2, -0.15) is 0 Å². The third-order valence-corrected chi connectivity index (χ3v) is 3.69. The summed E-state index contributed by atoms with van der Waals surface area (Å²) in [6.07, 6.45) is 3.94. The molecule has 4 nitrogen and oxygen atoms in total. The van der Waals surface area contributed by atoms with Gasteiger partial charge in [-0.1, -0.05) is 13.0 Å². The Morgan fingerprint density at radius 1 is 1.53 bits per heavy atom. The molecule has 0 amide bonds. The topological polar surface area (TPSA) is 37.4 Å². The second-order valence-corrected chi connectivity index (χ2v) is 5.32. The Morgan fingerprint density at radius 3 is 3.00 bits per heavy atom. The molecule has 2 unspecified atom stereocenters. The number of aromatic nitrogens is 1. The molecule has 0 spiro atoms. The molecule has 0 saturated carbocycles. The van der Waals surface area contributed by atoms with Crippen LogP contribution in [0.15, 0.2) is 24.5 Å². The number of morpholine rings is 1. The minimum Gasteiger partial charge on any atom is -0.374 e. The molecule has 19 heavy (non-hydrogen) atoms. The van der Waals surface area contributed by atoms with Crippen molar-refractivity contribution in [1.82, 2.24) is 15.2 Å². The van der Waals surface area contributed by atoms with Crippen LogP contribution in [0.25, 0.3) is 0 Å². The number of nitrogens with zero attached hydrogens (tertiary/aromatic N) is 2. The molecule has 1 N–H and O–H groups in total. The number of pyridine rings is 1. The fourth-order valence-corrected chi connectivity index (χ4v) is 2.61. The summed E-state index contributed by atoms with van der Waals surface area (Å²) in [6, 6.07) is 4.91. The van der Waals surface area contributed by atoms with Gasteiger partial charge in [0, 0.05) is 31.5 Å². The maximum absolute atomic E-state index is 6.00. The van der Waals surface area contributed by atoms with Crippen molar-refractivity contribution in [3.05, 3.63) is 30.1 Å². The molecular formula is C15H25N3O. The summed E-state index contributed by atoms with van der Waals surface area (Å²) in [5.74, 6) is 0. The van der Waals surface area contributed by atoms with Crippen molar-refractivity contribution in [2.24, 2.45) is 0 Å². The van der Waals surface area contributed by atoms with Crippen molar-refractivity contribution in [2.45, 2.75) is 39.0 Å². The first-order valence-corrected chi connectivity index (χ1v) is 7.21. The Kier molecular flexibility index (Phi) is 5.31. The fraction of sp³-hybridized carbons (Fsp3) is 0.667. The van der Waals surface area contributed by atoms with Gasteiger partial charge in [-0.3, -0.25) is 9.88 Å². The van der Waals surface area contributed by atoms with Gasteiger partial charge in [-0.15, -0.1) is 0 Å². The Balaban J connectivity index is 2.10. The minimum atomic E-state index is 0.195. The van der Waals surface area contributed by atoms with E-state index in [0.29, 0.717) is 6.04 Å². The summed E-state index contributed by atoms with van der Waals surface area (Å²) in [7, 11) is 0. The molecule has 1 aromatic heterocycles. The van der Waals surface area contributed by atoms with Crippen LogP contribution in [0.1, 0.15) is 32.4 Å². The highest BCUT2D eigenvalue weighted by Crippen LogP contribution is 2.22. The molecular weight excluding hydrogens is 238 g/mol. The van der Waals surface area contributed by atoms with E-state index in [9.17, 15) is 0 Å². The molecule has 106 valence electrons. The molecule has 1 fully saturated rings. The molecule has 0 aliphatic carbocycles. The van der Waals surface area contributed by atoms with Gasteiger partial charge < -0.3 is 10.1 Å². The van der Waals surface area contributed by atoms with E-state index >= 15 is 0 Å². The molecule has 4 heteroatoms.